The van der Waals surface area contributed by atoms with Crippen molar-refractivity contribution in [2.75, 3.05) is 5.32 Å². The van der Waals surface area contributed by atoms with Crippen molar-refractivity contribution in [2.45, 2.75) is 5.92 Å². The summed E-state index contributed by atoms with van der Waals surface area (Å²) >= 11 is 3.41. The number of hydrogen-bond donors (Lipinski definition) is 3. The van der Waals surface area contributed by atoms with E-state index in [4.69, 9.17) is 5.73 Å². The van der Waals surface area contributed by atoms with Crippen molar-refractivity contribution in [3.8, 4) is 0 Å². The molecule has 1 aliphatic heterocycles. The SMILES string of the molecule is NC(=O)NC(=O)C1C(=O)Nc2ccc3ccccc3c2C1c1ccc(Br)cc1. The van der Waals surface area contributed by atoms with Gasteiger partial charge in [0.1, 0.15) is 5.92 Å². The first kappa shape index (κ1) is 18.2. The van der Waals surface area contributed by atoms with Gasteiger partial charge in [-0.2, -0.15) is 0 Å². The Morgan fingerprint density at radius 2 is 1.71 bits per heavy atom. The summed E-state index contributed by atoms with van der Waals surface area (Å²) in [6.45, 7) is 0. The zero-order valence-corrected chi connectivity index (χ0v) is 16.2. The van der Waals surface area contributed by atoms with Gasteiger partial charge >= 0.3 is 6.03 Å². The van der Waals surface area contributed by atoms with Crippen LogP contribution < -0.4 is 16.4 Å². The predicted molar refractivity (Wildman–Crippen MR) is 110 cm³/mol. The number of halogens is 1. The first-order valence-corrected chi connectivity index (χ1v) is 9.43. The number of nitrogens with two attached hydrogens (primary N) is 1. The topological polar surface area (TPSA) is 101 Å². The molecule has 0 saturated carbocycles. The highest BCUT2D eigenvalue weighted by atomic mass is 79.9. The lowest BCUT2D eigenvalue weighted by Crippen LogP contribution is -2.47. The molecular formula is C21H16BrN3O3. The van der Waals surface area contributed by atoms with Crippen LogP contribution in [0.5, 0.6) is 0 Å². The molecule has 140 valence electrons. The summed E-state index contributed by atoms with van der Waals surface area (Å²) in [4.78, 5) is 36.8. The Bertz CT molecular complexity index is 1110. The van der Waals surface area contributed by atoms with Gasteiger partial charge in [-0.3, -0.25) is 14.9 Å². The van der Waals surface area contributed by atoms with Crippen molar-refractivity contribution >= 4 is 50.2 Å². The number of anilines is 1. The number of benzene rings is 3. The lowest BCUT2D eigenvalue weighted by atomic mass is 9.75. The average Bonchev–Trinajstić information content (AvgIpc) is 2.66. The van der Waals surface area contributed by atoms with E-state index in [1.807, 2.05) is 60.7 Å². The van der Waals surface area contributed by atoms with E-state index in [0.717, 1.165) is 26.4 Å². The van der Waals surface area contributed by atoms with Crippen molar-refractivity contribution in [1.82, 2.24) is 5.32 Å². The number of imide groups is 1. The molecule has 0 aliphatic carbocycles. The summed E-state index contributed by atoms with van der Waals surface area (Å²) in [5.74, 6) is -2.90. The van der Waals surface area contributed by atoms with Crippen LogP contribution in [0.25, 0.3) is 10.8 Å². The van der Waals surface area contributed by atoms with Crippen LogP contribution in [0.4, 0.5) is 10.5 Å². The molecule has 0 fully saturated rings. The molecule has 0 aromatic heterocycles. The summed E-state index contributed by atoms with van der Waals surface area (Å²) in [6, 6.07) is 18.0. The zero-order valence-electron chi connectivity index (χ0n) is 14.6. The van der Waals surface area contributed by atoms with Crippen molar-refractivity contribution in [3.63, 3.8) is 0 Å². The van der Waals surface area contributed by atoms with Crippen LogP contribution in [0.1, 0.15) is 17.0 Å². The molecule has 0 radical (unpaired) electrons. The normalized spacial score (nSPS) is 18.2. The van der Waals surface area contributed by atoms with Crippen molar-refractivity contribution < 1.29 is 14.4 Å². The number of primary amides is 1. The van der Waals surface area contributed by atoms with E-state index >= 15 is 0 Å². The zero-order chi connectivity index (χ0) is 19.8. The molecule has 3 aromatic rings. The molecular weight excluding hydrogens is 422 g/mol. The second kappa shape index (κ2) is 7.09. The van der Waals surface area contributed by atoms with E-state index in [1.54, 1.807) is 0 Å². The van der Waals surface area contributed by atoms with Gasteiger partial charge in [0.2, 0.25) is 11.8 Å². The Labute approximate surface area is 169 Å². The number of urea groups is 1. The Kier molecular flexibility index (Phi) is 4.60. The van der Waals surface area contributed by atoms with Crippen molar-refractivity contribution in [2.24, 2.45) is 11.7 Å². The predicted octanol–water partition coefficient (Wildman–Crippen LogP) is 3.50. The fourth-order valence-corrected chi connectivity index (χ4v) is 4.03. The van der Waals surface area contributed by atoms with Gasteiger partial charge in [-0.15, -0.1) is 0 Å². The minimum atomic E-state index is -1.13. The molecule has 3 aromatic carbocycles. The summed E-state index contributed by atoms with van der Waals surface area (Å²) in [5.41, 5.74) is 7.41. The van der Waals surface area contributed by atoms with Crippen LogP contribution >= 0.6 is 15.9 Å². The van der Waals surface area contributed by atoms with E-state index < -0.39 is 29.7 Å². The lowest BCUT2D eigenvalue weighted by Gasteiger charge is -2.33. The summed E-state index contributed by atoms with van der Waals surface area (Å²) in [7, 11) is 0. The highest BCUT2D eigenvalue weighted by Crippen LogP contribution is 2.44. The number of carbonyl (C=O) groups is 3. The Hall–Kier alpha value is -3.19. The second-order valence-electron chi connectivity index (χ2n) is 6.60. The standard InChI is InChI=1S/C21H16BrN3O3/c22-13-8-5-12(6-9-13)16-17-14-4-2-1-3-11(14)7-10-15(17)24-19(26)18(16)20(27)25-21(23)28/h1-10,16,18H,(H,24,26)(H3,23,25,27,28). The third kappa shape index (κ3) is 3.14. The molecule has 28 heavy (non-hydrogen) atoms. The van der Waals surface area contributed by atoms with Gasteiger partial charge in [-0.1, -0.05) is 58.4 Å². The highest BCUT2D eigenvalue weighted by Gasteiger charge is 2.42. The molecule has 0 bridgehead atoms. The molecule has 6 nitrogen and oxygen atoms in total. The molecule has 4 rings (SSSR count). The van der Waals surface area contributed by atoms with Gasteiger partial charge in [-0.05, 0) is 40.1 Å². The summed E-state index contributed by atoms with van der Waals surface area (Å²) < 4.78 is 0.882. The van der Waals surface area contributed by atoms with Gasteiger partial charge in [0, 0.05) is 16.1 Å². The molecule has 1 heterocycles. The van der Waals surface area contributed by atoms with Crippen LogP contribution in [0.2, 0.25) is 0 Å². The second-order valence-corrected chi connectivity index (χ2v) is 7.51. The minimum Gasteiger partial charge on any atom is -0.351 e. The molecule has 7 heteroatoms. The Balaban J connectivity index is 1.97. The van der Waals surface area contributed by atoms with E-state index in [9.17, 15) is 14.4 Å². The fraction of sp³-hybridized carbons (Fsp3) is 0.0952. The molecule has 2 atom stereocenters. The van der Waals surface area contributed by atoms with E-state index in [0.29, 0.717) is 5.69 Å². The molecule has 0 spiro atoms. The quantitative estimate of drug-likeness (QED) is 0.534. The Morgan fingerprint density at radius 3 is 2.43 bits per heavy atom. The van der Waals surface area contributed by atoms with Crippen LogP contribution in [-0.4, -0.2) is 17.8 Å². The van der Waals surface area contributed by atoms with Gasteiger partial charge in [0.25, 0.3) is 0 Å². The van der Waals surface area contributed by atoms with E-state index in [1.165, 1.54) is 0 Å². The maximum atomic E-state index is 12.8. The van der Waals surface area contributed by atoms with E-state index in [2.05, 4.69) is 26.6 Å². The van der Waals surface area contributed by atoms with Gasteiger partial charge in [0.05, 0.1) is 0 Å². The number of fused-ring (bicyclic) bond motifs is 3. The number of carbonyl (C=O) groups excluding carboxylic acids is 3. The number of nitrogens with one attached hydrogen (secondary N) is 2. The largest absolute Gasteiger partial charge is 0.351 e. The van der Waals surface area contributed by atoms with Gasteiger partial charge in [-0.25, -0.2) is 4.79 Å². The summed E-state index contributed by atoms with van der Waals surface area (Å²) in [6.07, 6.45) is 0. The first-order chi connectivity index (χ1) is 13.5. The minimum absolute atomic E-state index is 0.477. The molecule has 4 amide bonds. The molecule has 0 saturated heterocycles. The van der Waals surface area contributed by atoms with Crippen molar-refractivity contribution in [3.05, 3.63) is 76.3 Å². The maximum absolute atomic E-state index is 12.8. The third-order valence-corrected chi connectivity index (χ3v) is 5.44. The average molecular weight is 438 g/mol. The van der Waals surface area contributed by atoms with Crippen LogP contribution in [0, 0.1) is 5.92 Å². The fourth-order valence-electron chi connectivity index (χ4n) is 3.77. The highest BCUT2D eigenvalue weighted by molar-refractivity contribution is 9.10. The van der Waals surface area contributed by atoms with Crippen LogP contribution in [0.15, 0.2) is 65.1 Å². The first-order valence-electron chi connectivity index (χ1n) is 8.64. The van der Waals surface area contributed by atoms with Crippen LogP contribution in [-0.2, 0) is 9.59 Å². The van der Waals surface area contributed by atoms with Crippen LogP contribution in [0.3, 0.4) is 0 Å². The molecule has 4 N–H and O–H groups in total. The van der Waals surface area contributed by atoms with Gasteiger partial charge < -0.3 is 11.1 Å². The number of hydrogen-bond acceptors (Lipinski definition) is 3. The monoisotopic (exact) mass is 437 g/mol. The lowest BCUT2D eigenvalue weighted by molar-refractivity contribution is -0.132. The Morgan fingerprint density at radius 1 is 1.00 bits per heavy atom. The van der Waals surface area contributed by atoms with Gasteiger partial charge in [0.15, 0.2) is 0 Å². The number of amides is 4. The smallest absolute Gasteiger partial charge is 0.318 e. The molecule has 2 unspecified atom stereocenters. The number of rotatable bonds is 2. The molecule has 1 aliphatic rings. The third-order valence-electron chi connectivity index (χ3n) is 4.91. The van der Waals surface area contributed by atoms with Crippen molar-refractivity contribution in [1.29, 1.82) is 0 Å². The van der Waals surface area contributed by atoms with E-state index in [-0.39, 0.29) is 0 Å². The maximum Gasteiger partial charge on any atom is 0.318 e. The summed E-state index contributed by atoms with van der Waals surface area (Å²) in [5, 5.41) is 6.80.